The van der Waals surface area contributed by atoms with Gasteiger partial charge in [-0.15, -0.1) is 0 Å². The smallest absolute Gasteiger partial charge is 0.235 e. The Morgan fingerprint density at radius 2 is 1.74 bits per heavy atom. The van der Waals surface area contributed by atoms with E-state index in [0.29, 0.717) is 18.7 Å². The van der Waals surface area contributed by atoms with E-state index < -0.39 is 10.0 Å². The van der Waals surface area contributed by atoms with Crippen molar-refractivity contribution in [3.8, 4) is 0 Å². The van der Waals surface area contributed by atoms with E-state index in [2.05, 4.69) is 5.32 Å². The quantitative estimate of drug-likeness (QED) is 0.859. The minimum Gasteiger partial charge on any atom is -0.325 e. The number of hydrogen-bond acceptors (Lipinski definition) is 3. The molecule has 1 aromatic carbocycles. The van der Waals surface area contributed by atoms with E-state index in [4.69, 9.17) is 0 Å². The molecule has 1 aromatic rings. The third-order valence-corrected chi connectivity index (χ3v) is 9.25. The fourth-order valence-electron chi connectivity index (χ4n) is 6.47. The Kier molecular flexibility index (Phi) is 3.87. The lowest BCUT2D eigenvalue weighted by Gasteiger charge is -2.55. The Labute approximate surface area is 161 Å². The van der Waals surface area contributed by atoms with Gasteiger partial charge in [0.2, 0.25) is 15.9 Å². The van der Waals surface area contributed by atoms with Gasteiger partial charge in [-0.3, -0.25) is 9.10 Å². The normalized spacial score (nSPS) is 36.2. The average molecular weight is 389 g/mol. The van der Waals surface area contributed by atoms with Crippen LogP contribution in [0.3, 0.4) is 0 Å². The molecule has 5 aliphatic rings. The average Bonchev–Trinajstić information content (AvgIpc) is 2.95. The monoisotopic (exact) mass is 388 g/mol. The molecule has 146 valence electrons. The molecule has 1 aliphatic heterocycles. The summed E-state index contributed by atoms with van der Waals surface area (Å²) in [6, 6.07) is 5.60. The minimum atomic E-state index is -3.21. The highest BCUT2D eigenvalue weighted by Crippen LogP contribution is 2.60. The van der Waals surface area contributed by atoms with Gasteiger partial charge in [0.15, 0.2) is 0 Å². The number of benzene rings is 1. The molecule has 6 rings (SSSR count). The first-order valence-electron chi connectivity index (χ1n) is 10.3. The maximum Gasteiger partial charge on any atom is 0.235 e. The van der Waals surface area contributed by atoms with Crippen LogP contribution in [0.4, 0.5) is 11.4 Å². The summed E-state index contributed by atoms with van der Waals surface area (Å²) in [5.41, 5.74) is 2.21. The third kappa shape index (κ3) is 2.87. The van der Waals surface area contributed by atoms with Crippen molar-refractivity contribution in [1.29, 1.82) is 0 Å². The Hall–Kier alpha value is -1.56. The molecule has 5 fully saturated rings. The molecule has 0 radical (unpaired) electrons. The number of amides is 1. The van der Waals surface area contributed by atoms with E-state index in [-0.39, 0.29) is 17.1 Å². The van der Waals surface area contributed by atoms with Gasteiger partial charge < -0.3 is 5.32 Å². The molecule has 4 bridgehead atoms. The van der Waals surface area contributed by atoms with Crippen molar-refractivity contribution in [3.05, 3.63) is 23.8 Å². The van der Waals surface area contributed by atoms with Crippen molar-refractivity contribution in [2.75, 3.05) is 21.9 Å². The number of nitrogens with one attached hydrogen (secondary N) is 1. The Bertz CT molecular complexity index is 857. The molecule has 6 heteroatoms. The number of hydrogen-bond donors (Lipinski definition) is 1. The molecule has 0 atom stereocenters. The van der Waals surface area contributed by atoms with Crippen LogP contribution in [-0.4, -0.2) is 26.6 Å². The van der Waals surface area contributed by atoms with Crippen LogP contribution in [0.1, 0.15) is 50.5 Å². The lowest BCUT2D eigenvalue weighted by molar-refractivity contribution is -0.140. The summed E-state index contributed by atoms with van der Waals surface area (Å²) in [5, 5.41) is 3.20. The standard InChI is InChI=1S/C21H28N2O3S/c1-14-3-4-18(23-5-2-6-27(23,25)26)10-19(14)22-20(24)21-11-15-7-16(12-21)9-17(8-15)13-21/h3-4,10,15-17H,2,5-9,11-13H2,1H3,(H,22,24). The van der Waals surface area contributed by atoms with Crippen molar-refractivity contribution >= 4 is 27.3 Å². The summed E-state index contributed by atoms with van der Waals surface area (Å²) in [7, 11) is -3.21. The van der Waals surface area contributed by atoms with Crippen LogP contribution >= 0.6 is 0 Å². The number of carbonyl (C=O) groups is 1. The van der Waals surface area contributed by atoms with Crippen molar-refractivity contribution in [1.82, 2.24) is 0 Å². The van der Waals surface area contributed by atoms with Crippen LogP contribution in [-0.2, 0) is 14.8 Å². The zero-order valence-electron chi connectivity index (χ0n) is 15.9. The van der Waals surface area contributed by atoms with Crippen molar-refractivity contribution in [2.45, 2.75) is 51.9 Å². The predicted molar refractivity (Wildman–Crippen MR) is 106 cm³/mol. The molecule has 0 unspecified atom stereocenters. The number of sulfonamides is 1. The zero-order valence-corrected chi connectivity index (χ0v) is 16.7. The molecule has 1 heterocycles. The van der Waals surface area contributed by atoms with Crippen molar-refractivity contribution in [2.24, 2.45) is 23.2 Å². The van der Waals surface area contributed by atoms with Gasteiger partial charge in [0.25, 0.3) is 0 Å². The molecule has 4 saturated carbocycles. The molecule has 27 heavy (non-hydrogen) atoms. The van der Waals surface area contributed by atoms with Gasteiger partial charge in [0, 0.05) is 12.2 Å². The Morgan fingerprint density at radius 3 is 2.30 bits per heavy atom. The molecule has 1 saturated heterocycles. The SMILES string of the molecule is Cc1ccc(N2CCCS2(=O)=O)cc1NC(=O)C12CC3CC(CC(C3)C1)C2. The maximum atomic E-state index is 13.3. The molecule has 1 amide bonds. The third-order valence-electron chi connectivity index (χ3n) is 7.38. The van der Waals surface area contributed by atoms with E-state index in [9.17, 15) is 13.2 Å². The second kappa shape index (κ2) is 5.97. The van der Waals surface area contributed by atoms with Gasteiger partial charge in [-0.2, -0.15) is 0 Å². The van der Waals surface area contributed by atoms with Crippen molar-refractivity contribution in [3.63, 3.8) is 0 Å². The molecular formula is C21H28N2O3S. The summed E-state index contributed by atoms with van der Waals surface area (Å²) < 4.78 is 26.0. The minimum absolute atomic E-state index is 0.158. The van der Waals surface area contributed by atoms with Crippen LogP contribution in [0.2, 0.25) is 0 Å². The highest BCUT2D eigenvalue weighted by atomic mass is 32.2. The Morgan fingerprint density at radius 1 is 1.11 bits per heavy atom. The van der Waals surface area contributed by atoms with Crippen molar-refractivity contribution < 1.29 is 13.2 Å². The van der Waals surface area contributed by atoms with Gasteiger partial charge in [-0.05, 0) is 87.3 Å². The highest BCUT2D eigenvalue weighted by molar-refractivity contribution is 7.93. The van der Waals surface area contributed by atoms with Crippen LogP contribution in [0.5, 0.6) is 0 Å². The van der Waals surface area contributed by atoms with Crippen LogP contribution in [0, 0.1) is 30.1 Å². The van der Waals surface area contributed by atoms with Gasteiger partial charge >= 0.3 is 0 Å². The maximum absolute atomic E-state index is 13.3. The second-order valence-electron chi connectivity index (χ2n) is 9.39. The first-order chi connectivity index (χ1) is 12.8. The van der Waals surface area contributed by atoms with Gasteiger partial charge in [-0.25, -0.2) is 8.42 Å². The fourth-order valence-corrected chi connectivity index (χ4v) is 8.03. The molecule has 4 aliphatic carbocycles. The summed E-state index contributed by atoms with van der Waals surface area (Å²) >= 11 is 0. The van der Waals surface area contributed by atoms with E-state index in [1.165, 1.54) is 23.6 Å². The van der Waals surface area contributed by atoms with E-state index in [1.807, 2.05) is 25.1 Å². The Balaban J connectivity index is 1.41. The molecule has 0 spiro atoms. The number of nitrogens with zero attached hydrogens (tertiary/aromatic N) is 1. The van der Waals surface area contributed by atoms with E-state index in [1.54, 1.807) is 0 Å². The first-order valence-corrected chi connectivity index (χ1v) is 11.9. The molecule has 0 aromatic heterocycles. The van der Waals surface area contributed by atoms with E-state index in [0.717, 1.165) is 48.3 Å². The highest BCUT2D eigenvalue weighted by Gasteiger charge is 2.54. The fraction of sp³-hybridized carbons (Fsp3) is 0.667. The van der Waals surface area contributed by atoms with Crippen LogP contribution in [0.25, 0.3) is 0 Å². The largest absolute Gasteiger partial charge is 0.325 e. The zero-order chi connectivity index (χ0) is 18.8. The number of anilines is 2. The summed E-state index contributed by atoms with van der Waals surface area (Å²) in [6.45, 7) is 2.49. The predicted octanol–water partition coefficient (Wildman–Crippen LogP) is 3.69. The summed E-state index contributed by atoms with van der Waals surface area (Å²) in [4.78, 5) is 13.3. The van der Waals surface area contributed by atoms with Gasteiger partial charge in [0.05, 0.1) is 16.9 Å². The lowest BCUT2D eigenvalue weighted by atomic mass is 9.49. The first kappa shape index (κ1) is 17.5. The molecule has 1 N–H and O–H groups in total. The molecular weight excluding hydrogens is 360 g/mol. The summed E-state index contributed by atoms with van der Waals surface area (Å²) in [6.07, 6.45) is 7.69. The van der Waals surface area contributed by atoms with Crippen LogP contribution < -0.4 is 9.62 Å². The molecule has 5 nitrogen and oxygen atoms in total. The van der Waals surface area contributed by atoms with Crippen LogP contribution in [0.15, 0.2) is 18.2 Å². The van der Waals surface area contributed by atoms with Gasteiger partial charge in [-0.1, -0.05) is 6.07 Å². The topological polar surface area (TPSA) is 66.5 Å². The van der Waals surface area contributed by atoms with E-state index >= 15 is 0 Å². The van der Waals surface area contributed by atoms with Gasteiger partial charge in [0.1, 0.15) is 0 Å². The summed E-state index contributed by atoms with van der Waals surface area (Å²) in [5.74, 6) is 2.54. The number of rotatable bonds is 3. The second-order valence-corrected chi connectivity index (χ2v) is 11.4. The number of aryl methyl sites for hydroxylation is 1. The lowest BCUT2D eigenvalue weighted by Crippen LogP contribution is -2.51. The number of carbonyl (C=O) groups excluding carboxylic acids is 1.